The first-order valence-corrected chi connectivity index (χ1v) is 4.95. The van der Waals surface area contributed by atoms with E-state index in [0.29, 0.717) is 11.1 Å². The monoisotopic (exact) mass is 255 g/mol. The van der Waals surface area contributed by atoms with Crippen LogP contribution in [0.25, 0.3) is 5.65 Å². The van der Waals surface area contributed by atoms with Gasteiger partial charge in [-0.2, -0.15) is 17.7 Å². The first-order chi connectivity index (χ1) is 8.52. The van der Waals surface area contributed by atoms with Gasteiger partial charge in [-0.1, -0.05) is 5.92 Å². The number of nitrogens with one attached hydrogen (secondary N) is 1. The molecule has 2 aromatic rings. The van der Waals surface area contributed by atoms with Gasteiger partial charge < -0.3 is 5.32 Å². The molecule has 0 aliphatic heterocycles. The second-order valence-corrected chi connectivity index (χ2v) is 3.29. The molecule has 18 heavy (non-hydrogen) atoms. The Bertz CT molecular complexity index is 620. The van der Waals surface area contributed by atoms with Crippen LogP contribution >= 0.6 is 0 Å². The van der Waals surface area contributed by atoms with E-state index in [2.05, 4.69) is 32.5 Å². The summed E-state index contributed by atoms with van der Waals surface area (Å²) >= 11 is 0. The molecule has 0 bridgehead atoms. The van der Waals surface area contributed by atoms with E-state index in [1.54, 1.807) is 6.92 Å². The van der Waals surface area contributed by atoms with Crippen molar-refractivity contribution in [1.29, 1.82) is 0 Å². The van der Waals surface area contributed by atoms with Gasteiger partial charge in [-0.15, -0.1) is 21.2 Å². The van der Waals surface area contributed by atoms with E-state index in [-0.39, 0.29) is 11.5 Å². The van der Waals surface area contributed by atoms with Gasteiger partial charge in [0.15, 0.2) is 5.65 Å². The molecule has 0 amide bonds. The van der Waals surface area contributed by atoms with E-state index in [9.17, 15) is 13.2 Å². The molecule has 0 atom stereocenters. The molecule has 0 radical (unpaired) electrons. The highest BCUT2D eigenvalue weighted by molar-refractivity contribution is 5.44. The van der Waals surface area contributed by atoms with E-state index in [4.69, 9.17) is 0 Å². The van der Waals surface area contributed by atoms with Crippen molar-refractivity contribution < 1.29 is 13.2 Å². The van der Waals surface area contributed by atoms with Crippen molar-refractivity contribution in [3.8, 4) is 11.8 Å². The lowest BCUT2D eigenvalue weighted by atomic mass is 10.5. The van der Waals surface area contributed by atoms with Crippen LogP contribution in [0.3, 0.4) is 0 Å². The quantitative estimate of drug-likeness (QED) is 0.828. The zero-order chi connectivity index (χ0) is 13.2. The summed E-state index contributed by atoms with van der Waals surface area (Å²) in [5, 5.41) is 13.0. The molecular weight excluding hydrogens is 247 g/mol. The summed E-state index contributed by atoms with van der Waals surface area (Å²) in [5.74, 6) is 4.50. The molecule has 0 fully saturated rings. The summed E-state index contributed by atoms with van der Waals surface area (Å²) in [6, 6.07) is 2.92. The van der Waals surface area contributed by atoms with Crippen LogP contribution in [-0.2, 0) is 6.18 Å². The van der Waals surface area contributed by atoms with Crippen molar-refractivity contribution in [3.63, 3.8) is 0 Å². The lowest BCUT2D eigenvalue weighted by Gasteiger charge is -2.05. The molecule has 94 valence electrons. The number of hydrogen-bond acceptors (Lipinski definition) is 4. The second-order valence-electron chi connectivity index (χ2n) is 3.29. The van der Waals surface area contributed by atoms with Crippen LogP contribution in [0, 0.1) is 11.8 Å². The zero-order valence-electron chi connectivity index (χ0n) is 9.28. The van der Waals surface area contributed by atoms with Crippen LogP contribution in [0.5, 0.6) is 0 Å². The first kappa shape index (κ1) is 12.2. The third-order valence-electron chi connectivity index (χ3n) is 2.05. The van der Waals surface area contributed by atoms with E-state index in [0.717, 1.165) is 0 Å². The molecule has 5 nitrogen and oxygen atoms in total. The maximum atomic E-state index is 12.6. The number of halogens is 3. The van der Waals surface area contributed by atoms with Crippen molar-refractivity contribution in [2.75, 3.05) is 11.9 Å². The highest BCUT2D eigenvalue weighted by atomic mass is 19.4. The van der Waals surface area contributed by atoms with E-state index < -0.39 is 12.0 Å². The van der Waals surface area contributed by atoms with Crippen LogP contribution in [0.1, 0.15) is 12.7 Å². The Hall–Kier alpha value is -2.30. The van der Waals surface area contributed by atoms with E-state index >= 15 is 0 Å². The SMILES string of the molecule is CC#CCNc1ccc2nnc(C(F)(F)F)n2n1. The predicted molar refractivity (Wildman–Crippen MR) is 57.7 cm³/mol. The van der Waals surface area contributed by atoms with E-state index in [1.165, 1.54) is 12.1 Å². The van der Waals surface area contributed by atoms with Gasteiger partial charge in [0.25, 0.3) is 5.82 Å². The fourth-order valence-corrected chi connectivity index (χ4v) is 1.28. The minimum atomic E-state index is -4.59. The van der Waals surface area contributed by atoms with Crippen LogP contribution in [0.4, 0.5) is 19.0 Å². The van der Waals surface area contributed by atoms with Crippen LogP contribution in [0.2, 0.25) is 0 Å². The van der Waals surface area contributed by atoms with Crippen LogP contribution in [0.15, 0.2) is 12.1 Å². The summed E-state index contributed by atoms with van der Waals surface area (Å²) in [7, 11) is 0. The zero-order valence-corrected chi connectivity index (χ0v) is 9.28. The average Bonchev–Trinajstić information content (AvgIpc) is 2.72. The largest absolute Gasteiger partial charge is 0.453 e. The van der Waals surface area contributed by atoms with E-state index in [1.807, 2.05) is 0 Å². The molecule has 0 unspecified atom stereocenters. The Morgan fingerprint density at radius 2 is 2.11 bits per heavy atom. The van der Waals surface area contributed by atoms with Crippen molar-refractivity contribution in [2.45, 2.75) is 13.1 Å². The smallest absolute Gasteiger partial charge is 0.358 e. The van der Waals surface area contributed by atoms with Crippen LogP contribution in [-0.4, -0.2) is 26.4 Å². The third-order valence-corrected chi connectivity index (χ3v) is 2.05. The van der Waals surface area contributed by atoms with Crippen molar-refractivity contribution >= 4 is 11.5 Å². The summed E-state index contributed by atoms with van der Waals surface area (Å²) < 4.78 is 38.4. The molecular formula is C10H8F3N5. The highest BCUT2D eigenvalue weighted by Crippen LogP contribution is 2.27. The number of alkyl halides is 3. The minimum Gasteiger partial charge on any atom is -0.358 e. The molecule has 0 aromatic carbocycles. The Morgan fingerprint density at radius 3 is 2.78 bits per heavy atom. The Morgan fingerprint density at radius 1 is 1.33 bits per heavy atom. The molecule has 0 saturated carbocycles. The molecule has 0 spiro atoms. The number of hydrogen-bond donors (Lipinski definition) is 1. The topological polar surface area (TPSA) is 55.1 Å². The normalized spacial score (nSPS) is 11.1. The summed E-state index contributed by atoms with van der Waals surface area (Å²) in [4.78, 5) is 0. The second kappa shape index (κ2) is 4.52. The molecule has 1 N–H and O–H groups in total. The Kier molecular flexibility index (Phi) is 3.06. The maximum Gasteiger partial charge on any atom is 0.453 e. The van der Waals surface area contributed by atoms with Crippen molar-refractivity contribution in [3.05, 3.63) is 18.0 Å². The number of anilines is 1. The van der Waals surface area contributed by atoms with Crippen molar-refractivity contribution in [1.82, 2.24) is 19.8 Å². The summed E-state index contributed by atoms with van der Waals surface area (Å²) in [5.41, 5.74) is 0.0365. The minimum absolute atomic E-state index is 0.0365. The van der Waals surface area contributed by atoms with Gasteiger partial charge in [-0.3, -0.25) is 0 Å². The molecule has 2 heterocycles. The number of rotatable bonds is 2. The molecule has 2 aromatic heterocycles. The van der Waals surface area contributed by atoms with Gasteiger partial charge in [0.2, 0.25) is 0 Å². The maximum absolute atomic E-state index is 12.6. The highest BCUT2D eigenvalue weighted by Gasteiger charge is 2.37. The van der Waals surface area contributed by atoms with Gasteiger partial charge in [-0.25, -0.2) is 0 Å². The fourth-order valence-electron chi connectivity index (χ4n) is 1.28. The summed E-state index contributed by atoms with van der Waals surface area (Å²) in [6.45, 7) is 1.97. The lowest BCUT2D eigenvalue weighted by Crippen LogP contribution is -2.13. The fraction of sp³-hybridized carbons (Fsp3) is 0.300. The van der Waals surface area contributed by atoms with Gasteiger partial charge in [0, 0.05) is 0 Å². The Labute approximate surface area is 100 Å². The average molecular weight is 255 g/mol. The molecule has 0 aliphatic carbocycles. The first-order valence-electron chi connectivity index (χ1n) is 4.95. The molecule has 2 rings (SSSR count). The predicted octanol–water partition coefficient (Wildman–Crippen LogP) is 1.58. The molecule has 0 aliphatic rings. The van der Waals surface area contributed by atoms with Gasteiger partial charge >= 0.3 is 6.18 Å². The van der Waals surface area contributed by atoms with Crippen LogP contribution < -0.4 is 5.32 Å². The number of fused-ring (bicyclic) bond motifs is 1. The van der Waals surface area contributed by atoms with Crippen molar-refractivity contribution in [2.24, 2.45) is 0 Å². The lowest BCUT2D eigenvalue weighted by molar-refractivity contribution is -0.146. The molecule has 0 saturated heterocycles. The standard InChI is InChI=1S/C10H8F3N5/c1-2-3-6-14-7-4-5-8-15-16-9(10(11,12)13)18(8)17-7/h4-5H,6H2,1H3,(H,14,17). The number of aromatic nitrogens is 4. The van der Waals surface area contributed by atoms with Gasteiger partial charge in [-0.05, 0) is 19.1 Å². The molecule has 8 heteroatoms. The number of nitrogens with zero attached hydrogens (tertiary/aromatic N) is 4. The van der Waals surface area contributed by atoms with Gasteiger partial charge in [0.05, 0.1) is 6.54 Å². The Balaban J connectivity index is 2.38. The van der Waals surface area contributed by atoms with Gasteiger partial charge in [0.1, 0.15) is 5.82 Å². The third kappa shape index (κ3) is 2.34. The summed E-state index contributed by atoms with van der Waals surface area (Å²) in [6.07, 6.45) is -4.59.